The summed E-state index contributed by atoms with van der Waals surface area (Å²) < 4.78 is 0. The Kier molecular flexibility index (Phi) is 3.45. The first-order valence-electron chi connectivity index (χ1n) is 6.51. The summed E-state index contributed by atoms with van der Waals surface area (Å²) in [6.07, 6.45) is 7.91. The van der Waals surface area contributed by atoms with Gasteiger partial charge in [-0.25, -0.2) is 0 Å². The van der Waals surface area contributed by atoms with Crippen molar-refractivity contribution in [2.24, 2.45) is 0 Å². The lowest BCUT2D eigenvalue weighted by Gasteiger charge is -2.37. The number of rotatable bonds is 2. The Labute approximate surface area is 93.0 Å². The van der Waals surface area contributed by atoms with Gasteiger partial charge in [0.05, 0.1) is 0 Å². The third-order valence-corrected chi connectivity index (χ3v) is 4.20. The van der Waals surface area contributed by atoms with E-state index in [1.54, 1.807) is 0 Å². The topological polar surface area (TPSA) is 20.3 Å². The van der Waals surface area contributed by atoms with Crippen LogP contribution in [0.25, 0.3) is 0 Å². The van der Waals surface area contributed by atoms with E-state index < -0.39 is 0 Å². The Hall–Kier alpha value is -0.370. The SMILES string of the molecule is CCC1CCC(C)N1C1CCCC(=O)C1. The van der Waals surface area contributed by atoms with Crippen molar-refractivity contribution in [3.63, 3.8) is 0 Å². The van der Waals surface area contributed by atoms with E-state index >= 15 is 0 Å². The minimum atomic E-state index is 0.486. The molecule has 1 saturated heterocycles. The molecule has 3 atom stereocenters. The quantitative estimate of drug-likeness (QED) is 0.697. The average Bonchev–Trinajstić information content (AvgIpc) is 2.59. The number of hydrogen-bond acceptors (Lipinski definition) is 2. The number of likely N-dealkylation sites (tertiary alicyclic amines) is 1. The molecule has 0 amide bonds. The number of carbonyl (C=O) groups excluding carboxylic acids is 1. The Morgan fingerprint density at radius 2 is 2.13 bits per heavy atom. The minimum absolute atomic E-state index is 0.486. The van der Waals surface area contributed by atoms with Crippen molar-refractivity contribution in [2.75, 3.05) is 0 Å². The van der Waals surface area contributed by atoms with Crippen LogP contribution < -0.4 is 0 Å². The molecule has 2 aliphatic rings. The molecule has 1 aliphatic heterocycles. The summed E-state index contributed by atoms with van der Waals surface area (Å²) in [7, 11) is 0. The highest BCUT2D eigenvalue weighted by Gasteiger charge is 2.36. The standard InChI is InChI=1S/C13H23NO/c1-3-11-8-7-10(2)14(11)12-5-4-6-13(15)9-12/h10-12H,3-9H2,1-2H3. The predicted octanol–water partition coefficient (Wildman–Crippen LogP) is 2.76. The molecule has 2 fully saturated rings. The van der Waals surface area contributed by atoms with Gasteiger partial charge in [0, 0.05) is 31.0 Å². The van der Waals surface area contributed by atoms with Crippen LogP contribution >= 0.6 is 0 Å². The van der Waals surface area contributed by atoms with Gasteiger partial charge in [-0.15, -0.1) is 0 Å². The largest absolute Gasteiger partial charge is 0.300 e. The van der Waals surface area contributed by atoms with E-state index in [1.807, 2.05) is 0 Å². The van der Waals surface area contributed by atoms with Gasteiger partial charge in [0.2, 0.25) is 0 Å². The van der Waals surface area contributed by atoms with Crippen molar-refractivity contribution >= 4 is 5.78 Å². The van der Waals surface area contributed by atoms with Gasteiger partial charge in [0.15, 0.2) is 0 Å². The number of hydrogen-bond donors (Lipinski definition) is 0. The highest BCUT2D eigenvalue weighted by Crippen LogP contribution is 2.33. The lowest BCUT2D eigenvalue weighted by Crippen LogP contribution is -2.45. The zero-order chi connectivity index (χ0) is 10.8. The van der Waals surface area contributed by atoms with Crippen LogP contribution in [-0.2, 0) is 4.79 Å². The second-order valence-corrected chi connectivity index (χ2v) is 5.22. The molecule has 0 aromatic rings. The van der Waals surface area contributed by atoms with E-state index in [-0.39, 0.29) is 0 Å². The fraction of sp³-hybridized carbons (Fsp3) is 0.923. The van der Waals surface area contributed by atoms with Crippen LogP contribution in [0.5, 0.6) is 0 Å². The van der Waals surface area contributed by atoms with Crippen LogP contribution in [0, 0.1) is 0 Å². The Morgan fingerprint density at radius 1 is 1.33 bits per heavy atom. The van der Waals surface area contributed by atoms with E-state index in [1.165, 1.54) is 25.7 Å². The minimum Gasteiger partial charge on any atom is -0.300 e. The van der Waals surface area contributed by atoms with Gasteiger partial charge >= 0.3 is 0 Å². The summed E-state index contributed by atoms with van der Waals surface area (Å²) in [5, 5.41) is 0. The van der Waals surface area contributed by atoms with Crippen molar-refractivity contribution in [1.82, 2.24) is 4.90 Å². The van der Waals surface area contributed by atoms with Gasteiger partial charge in [-0.1, -0.05) is 6.92 Å². The second-order valence-electron chi connectivity index (χ2n) is 5.22. The molecular weight excluding hydrogens is 186 g/mol. The molecule has 0 N–H and O–H groups in total. The second kappa shape index (κ2) is 4.65. The van der Waals surface area contributed by atoms with E-state index in [9.17, 15) is 4.79 Å². The molecule has 2 heteroatoms. The van der Waals surface area contributed by atoms with Crippen LogP contribution in [0.1, 0.15) is 58.8 Å². The van der Waals surface area contributed by atoms with E-state index in [4.69, 9.17) is 0 Å². The van der Waals surface area contributed by atoms with E-state index in [0.717, 1.165) is 25.3 Å². The van der Waals surface area contributed by atoms with Gasteiger partial charge < -0.3 is 0 Å². The first-order valence-corrected chi connectivity index (χ1v) is 6.51. The molecule has 1 heterocycles. The molecule has 2 rings (SSSR count). The molecular formula is C13H23NO. The zero-order valence-corrected chi connectivity index (χ0v) is 10.0. The van der Waals surface area contributed by atoms with Crippen LogP contribution in [0.2, 0.25) is 0 Å². The summed E-state index contributed by atoms with van der Waals surface area (Å²) in [4.78, 5) is 14.2. The van der Waals surface area contributed by atoms with Crippen LogP contribution in [0.15, 0.2) is 0 Å². The fourth-order valence-electron chi connectivity index (χ4n) is 3.42. The highest BCUT2D eigenvalue weighted by atomic mass is 16.1. The summed E-state index contributed by atoms with van der Waals surface area (Å²) >= 11 is 0. The maximum Gasteiger partial charge on any atom is 0.134 e. The number of nitrogens with zero attached hydrogens (tertiary/aromatic N) is 1. The zero-order valence-electron chi connectivity index (χ0n) is 10.0. The molecule has 2 nitrogen and oxygen atoms in total. The number of carbonyl (C=O) groups is 1. The van der Waals surface area contributed by atoms with Crippen molar-refractivity contribution in [3.8, 4) is 0 Å². The molecule has 1 aliphatic carbocycles. The first kappa shape index (κ1) is 11.1. The fourth-order valence-corrected chi connectivity index (χ4v) is 3.42. The summed E-state index contributed by atoms with van der Waals surface area (Å²) in [6, 6.07) is 2.01. The summed E-state index contributed by atoms with van der Waals surface area (Å²) in [6.45, 7) is 4.61. The van der Waals surface area contributed by atoms with Gasteiger partial charge in [-0.3, -0.25) is 9.69 Å². The third-order valence-electron chi connectivity index (χ3n) is 4.20. The lowest BCUT2D eigenvalue weighted by molar-refractivity contribution is -0.122. The Morgan fingerprint density at radius 3 is 2.80 bits per heavy atom. The normalized spacial score (nSPS) is 38.5. The summed E-state index contributed by atoms with van der Waals surface area (Å²) in [5.74, 6) is 0.486. The molecule has 86 valence electrons. The Bertz CT molecular complexity index is 239. The predicted molar refractivity (Wildman–Crippen MR) is 61.9 cm³/mol. The third kappa shape index (κ3) is 2.25. The molecule has 0 bridgehead atoms. The van der Waals surface area contributed by atoms with Crippen molar-refractivity contribution in [3.05, 3.63) is 0 Å². The highest BCUT2D eigenvalue weighted by molar-refractivity contribution is 5.79. The van der Waals surface area contributed by atoms with E-state index in [0.29, 0.717) is 17.9 Å². The van der Waals surface area contributed by atoms with Gasteiger partial charge in [0.1, 0.15) is 5.78 Å². The maximum absolute atomic E-state index is 11.5. The maximum atomic E-state index is 11.5. The molecule has 3 unspecified atom stereocenters. The number of ketones is 1. The molecule has 1 saturated carbocycles. The molecule has 15 heavy (non-hydrogen) atoms. The first-order chi connectivity index (χ1) is 7.22. The molecule has 0 spiro atoms. The summed E-state index contributed by atoms with van der Waals surface area (Å²) in [5.41, 5.74) is 0. The molecule has 0 radical (unpaired) electrons. The lowest BCUT2D eigenvalue weighted by atomic mass is 9.92. The van der Waals surface area contributed by atoms with Crippen LogP contribution in [-0.4, -0.2) is 28.8 Å². The van der Waals surface area contributed by atoms with Crippen molar-refractivity contribution < 1.29 is 4.79 Å². The van der Waals surface area contributed by atoms with Crippen molar-refractivity contribution in [1.29, 1.82) is 0 Å². The van der Waals surface area contributed by atoms with Gasteiger partial charge in [-0.2, -0.15) is 0 Å². The number of Topliss-reactive ketones (excluding diaryl/α,β-unsaturated/α-hetero) is 1. The Balaban J connectivity index is 2.03. The molecule has 0 aromatic heterocycles. The average molecular weight is 209 g/mol. The van der Waals surface area contributed by atoms with Gasteiger partial charge in [-0.05, 0) is 39.0 Å². The molecule has 0 aromatic carbocycles. The van der Waals surface area contributed by atoms with Crippen molar-refractivity contribution in [2.45, 2.75) is 76.9 Å². The smallest absolute Gasteiger partial charge is 0.134 e. The van der Waals surface area contributed by atoms with Crippen LogP contribution in [0.4, 0.5) is 0 Å². The monoisotopic (exact) mass is 209 g/mol. The van der Waals surface area contributed by atoms with E-state index in [2.05, 4.69) is 18.7 Å². The van der Waals surface area contributed by atoms with Crippen LogP contribution in [0.3, 0.4) is 0 Å². The van der Waals surface area contributed by atoms with Gasteiger partial charge in [0.25, 0.3) is 0 Å².